The van der Waals surface area contributed by atoms with Gasteiger partial charge in [-0.3, -0.25) is 19.6 Å². The zero-order valence-electron chi connectivity index (χ0n) is 23.5. The van der Waals surface area contributed by atoms with Crippen molar-refractivity contribution in [2.24, 2.45) is 22.4 Å². The molecule has 232 valence electrons. The Morgan fingerprint density at radius 1 is 1.07 bits per heavy atom. The topological polar surface area (TPSA) is 123 Å². The number of hydrogen-bond donors (Lipinski definition) is 3. The van der Waals surface area contributed by atoms with Gasteiger partial charge in [-0.25, -0.2) is 13.2 Å². The van der Waals surface area contributed by atoms with Crippen LogP contribution in [0.4, 0.5) is 26.3 Å². The summed E-state index contributed by atoms with van der Waals surface area (Å²) in [7, 11) is 0. The van der Waals surface area contributed by atoms with E-state index in [9.17, 15) is 35.9 Å². The number of nitrogens with two attached hydrogens (primary N) is 2. The van der Waals surface area contributed by atoms with Crippen LogP contribution < -0.4 is 16.8 Å². The summed E-state index contributed by atoms with van der Waals surface area (Å²) >= 11 is 0. The smallest absolute Gasteiger partial charge is 0.395 e. The third-order valence-corrected chi connectivity index (χ3v) is 7.01. The highest BCUT2D eigenvalue weighted by atomic mass is 19.4. The average Bonchev–Trinajstić information content (AvgIpc) is 3.79. The van der Waals surface area contributed by atoms with Crippen LogP contribution in [0.15, 0.2) is 71.5 Å². The number of benzene rings is 2. The summed E-state index contributed by atoms with van der Waals surface area (Å²) in [5.41, 5.74) is 9.91. The Labute approximate surface area is 249 Å². The van der Waals surface area contributed by atoms with Crippen molar-refractivity contribution in [2.45, 2.75) is 50.9 Å². The maximum absolute atomic E-state index is 14.2. The van der Waals surface area contributed by atoms with E-state index in [2.05, 4.69) is 15.3 Å². The number of nitrogens with zero attached hydrogens (tertiary/aromatic N) is 2. The minimum absolute atomic E-state index is 0.0504. The van der Waals surface area contributed by atoms with Gasteiger partial charge >= 0.3 is 6.18 Å². The molecule has 2 unspecified atom stereocenters. The Bertz CT molecular complexity index is 1600. The summed E-state index contributed by atoms with van der Waals surface area (Å²) in [5, 5.41) is 2.79. The molecular weight excluding hydrogens is 588 g/mol. The normalized spacial score (nSPS) is 15.5. The molecule has 0 saturated heterocycles. The van der Waals surface area contributed by atoms with Gasteiger partial charge in [-0.2, -0.15) is 13.2 Å². The van der Waals surface area contributed by atoms with Crippen molar-refractivity contribution in [3.63, 3.8) is 0 Å². The molecule has 2 amide bonds. The number of amides is 2. The molecule has 1 aliphatic carbocycles. The number of primary amides is 1. The summed E-state index contributed by atoms with van der Waals surface area (Å²) in [6.07, 6.45) is -1.49. The second-order valence-electron chi connectivity index (χ2n) is 10.4. The third-order valence-electron chi connectivity index (χ3n) is 7.01. The minimum atomic E-state index is -4.77. The highest BCUT2D eigenvalue weighted by Gasteiger charge is 2.35. The van der Waals surface area contributed by atoms with Crippen molar-refractivity contribution >= 4 is 17.5 Å². The van der Waals surface area contributed by atoms with Gasteiger partial charge in [0, 0.05) is 29.5 Å². The van der Waals surface area contributed by atoms with Crippen molar-refractivity contribution in [3.8, 4) is 11.1 Å². The van der Waals surface area contributed by atoms with Gasteiger partial charge in [0.1, 0.15) is 29.2 Å². The molecular formula is C31H29F6N5O2. The van der Waals surface area contributed by atoms with Gasteiger partial charge in [0.25, 0.3) is 5.91 Å². The Morgan fingerprint density at radius 2 is 1.75 bits per heavy atom. The quantitative estimate of drug-likeness (QED) is 0.189. The number of allylic oxidation sites excluding steroid dienone is 2. The molecule has 1 aromatic heterocycles. The molecule has 0 bridgehead atoms. The molecule has 2 aromatic carbocycles. The number of aromatic nitrogens is 1. The summed E-state index contributed by atoms with van der Waals surface area (Å²) in [4.78, 5) is 34.1. The number of rotatable bonds is 11. The van der Waals surface area contributed by atoms with Gasteiger partial charge in [0.15, 0.2) is 0 Å². The van der Waals surface area contributed by atoms with E-state index >= 15 is 0 Å². The maximum Gasteiger partial charge on any atom is 0.430 e. The van der Waals surface area contributed by atoms with E-state index < -0.39 is 53.2 Å². The Kier molecular flexibility index (Phi) is 9.75. The molecule has 0 radical (unpaired) electrons. The molecule has 44 heavy (non-hydrogen) atoms. The molecule has 4 rings (SSSR count). The molecule has 5 N–H and O–H groups in total. The zero-order chi connectivity index (χ0) is 32.2. The fourth-order valence-corrected chi connectivity index (χ4v) is 4.67. The third kappa shape index (κ3) is 8.03. The first-order chi connectivity index (χ1) is 20.8. The maximum atomic E-state index is 14.2. The summed E-state index contributed by atoms with van der Waals surface area (Å²) < 4.78 is 81.8. The van der Waals surface area contributed by atoms with E-state index in [1.807, 2.05) is 0 Å². The van der Waals surface area contributed by atoms with E-state index in [4.69, 9.17) is 11.5 Å². The first-order valence-electron chi connectivity index (χ1n) is 13.7. The number of alkyl halides is 3. The van der Waals surface area contributed by atoms with Crippen LogP contribution in [0.3, 0.4) is 0 Å². The lowest BCUT2D eigenvalue weighted by Gasteiger charge is -2.23. The number of carbonyl (C=O) groups excluding carboxylic acids is 2. The van der Waals surface area contributed by atoms with Crippen LogP contribution in [-0.2, 0) is 11.2 Å². The van der Waals surface area contributed by atoms with E-state index in [-0.39, 0.29) is 41.3 Å². The lowest BCUT2D eigenvalue weighted by atomic mass is 9.94. The Balaban J connectivity index is 1.76. The van der Waals surface area contributed by atoms with Crippen molar-refractivity contribution in [1.82, 2.24) is 10.3 Å². The molecule has 1 aliphatic rings. The molecule has 2 atom stereocenters. The van der Waals surface area contributed by atoms with Gasteiger partial charge in [0.05, 0.1) is 17.3 Å². The van der Waals surface area contributed by atoms with E-state index in [1.54, 1.807) is 19.1 Å². The average molecular weight is 618 g/mol. The van der Waals surface area contributed by atoms with Crippen LogP contribution in [0.1, 0.15) is 53.8 Å². The van der Waals surface area contributed by atoms with Crippen molar-refractivity contribution in [2.75, 3.05) is 0 Å². The second-order valence-corrected chi connectivity index (χ2v) is 10.4. The first kappa shape index (κ1) is 32.2. The van der Waals surface area contributed by atoms with Gasteiger partial charge in [-0.1, -0.05) is 19.1 Å². The number of nitrogens with one attached hydrogen (secondary N) is 1. The number of hydrogen-bond acceptors (Lipinski definition) is 5. The SMILES string of the molecule is CCC(N=C(C=C(N)C(F)(F)F)C1CC1)C(=O)NC(Cc1cc(F)cc(F)c1)c1ncccc1-c1ccc(F)c(C(N)=O)c1. The Hall–Kier alpha value is -4.68. The molecule has 0 spiro atoms. The summed E-state index contributed by atoms with van der Waals surface area (Å²) in [5.74, 6) is -4.51. The van der Waals surface area contributed by atoms with Crippen LogP contribution in [0.2, 0.25) is 0 Å². The highest BCUT2D eigenvalue weighted by Crippen LogP contribution is 2.34. The number of aliphatic imine (C=N–C) groups is 1. The zero-order valence-corrected chi connectivity index (χ0v) is 23.5. The van der Waals surface area contributed by atoms with Crippen LogP contribution in [0.5, 0.6) is 0 Å². The Morgan fingerprint density at radius 3 is 2.34 bits per heavy atom. The fourth-order valence-electron chi connectivity index (χ4n) is 4.67. The van der Waals surface area contributed by atoms with E-state index in [0.29, 0.717) is 30.0 Å². The lowest BCUT2D eigenvalue weighted by molar-refractivity contribution is -0.123. The highest BCUT2D eigenvalue weighted by molar-refractivity contribution is 6.00. The van der Waals surface area contributed by atoms with Gasteiger partial charge in [0.2, 0.25) is 5.91 Å². The van der Waals surface area contributed by atoms with Gasteiger partial charge < -0.3 is 16.8 Å². The molecule has 13 heteroatoms. The molecule has 1 heterocycles. The first-order valence-corrected chi connectivity index (χ1v) is 13.7. The van der Waals surface area contributed by atoms with Crippen molar-refractivity contribution in [3.05, 3.63) is 101 Å². The molecule has 3 aromatic rings. The number of halogens is 6. The van der Waals surface area contributed by atoms with Crippen LogP contribution in [0, 0.1) is 23.4 Å². The van der Waals surface area contributed by atoms with Gasteiger partial charge in [-0.15, -0.1) is 0 Å². The molecule has 1 fully saturated rings. The summed E-state index contributed by atoms with van der Waals surface area (Å²) in [6.45, 7) is 1.63. The number of carbonyl (C=O) groups is 2. The largest absolute Gasteiger partial charge is 0.430 e. The van der Waals surface area contributed by atoms with Crippen LogP contribution in [0.25, 0.3) is 11.1 Å². The van der Waals surface area contributed by atoms with Crippen LogP contribution in [-0.4, -0.2) is 34.7 Å². The summed E-state index contributed by atoms with van der Waals surface area (Å²) in [6, 6.07) is 7.47. The number of pyridine rings is 1. The standard InChI is InChI=1S/C31H29F6N5O2/c1-2-24(41-25(17-5-6-17)15-27(38)31(35,36)37)30(44)42-26(12-16-10-19(32)14-20(33)11-16)28-21(4-3-9-40-28)18-7-8-23(34)22(13-18)29(39)43/h3-4,7-11,13-15,17,24,26H,2,5-6,12,38H2,1H3,(H2,39,43)(H,42,44). The van der Waals surface area contributed by atoms with E-state index in [1.165, 1.54) is 18.3 Å². The van der Waals surface area contributed by atoms with E-state index in [0.717, 1.165) is 24.3 Å². The lowest BCUT2D eigenvalue weighted by Crippen LogP contribution is -2.38. The monoisotopic (exact) mass is 617 g/mol. The predicted molar refractivity (Wildman–Crippen MR) is 152 cm³/mol. The minimum Gasteiger partial charge on any atom is -0.395 e. The molecule has 7 nitrogen and oxygen atoms in total. The molecule has 1 saturated carbocycles. The molecule has 0 aliphatic heterocycles. The van der Waals surface area contributed by atoms with Gasteiger partial charge in [-0.05, 0) is 73.2 Å². The van der Waals surface area contributed by atoms with Crippen molar-refractivity contribution in [1.29, 1.82) is 0 Å². The predicted octanol–water partition coefficient (Wildman–Crippen LogP) is 5.70. The van der Waals surface area contributed by atoms with Crippen LogP contribution >= 0.6 is 0 Å². The fraction of sp³-hybridized carbons (Fsp3) is 0.290. The second kappa shape index (κ2) is 13.3. The van der Waals surface area contributed by atoms with Crippen molar-refractivity contribution < 1.29 is 35.9 Å².